The Morgan fingerprint density at radius 3 is 2.80 bits per heavy atom. The second-order valence-electron chi connectivity index (χ2n) is 3.06. The summed E-state index contributed by atoms with van der Waals surface area (Å²) < 4.78 is 0. The highest BCUT2D eigenvalue weighted by Crippen LogP contribution is 2.01. The van der Waals surface area contributed by atoms with E-state index < -0.39 is 11.9 Å². The number of carbonyl (C=O) groups excluding carboxylic acids is 1. The molecule has 0 aliphatic carbocycles. The number of carboxylic acids is 1. The van der Waals surface area contributed by atoms with Crippen LogP contribution in [0, 0.1) is 0 Å². The molecule has 0 unspecified atom stereocenters. The topological polar surface area (TPSA) is 66.7 Å². The molecule has 0 spiro atoms. The van der Waals surface area contributed by atoms with E-state index in [1.54, 1.807) is 24.3 Å². The standard InChI is InChI=1S/C11H7NO3/c13-10(14)6-8-5-7-3-1-2-4-9(7)12-11(8)15/h1-6H,(H,13,14). The van der Waals surface area contributed by atoms with Crippen LogP contribution in [-0.2, 0) is 9.59 Å². The maximum atomic E-state index is 11.4. The quantitative estimate of drug-likeness (QED) is 0.631. The van der Waals surface area contributed by atoms with Crippen LogP contribution in [0.15, 0.2) is 40.9 Å². The average molecular weight is 201 g/mol. The lowest BCUT2D eigenvalue weighted by molar-refractivity contribution is -0.131. The number of nitrogens with zero attached hydrogens (tertiary/aromatic N) is 1. The van der Waals surface area contributed by atoms with Crippen LogP contribution in [0.25, 0.3) is 6.08 Å². The highest BCUT2D eigenvalue weighted by molar-refractivity contribution is 6.07. The first-order chi connectivity index (χ1) is 7.16. The molecule has 0 bridgehead atoms. The van der Waals surface area contributed by atoms with Gasteiger partial charge in [0.15, 0.2) is 0 Å². The Morgan fingerprint density at radius 1 is 1.33 bits per heavy atom. The molecule has 0 atom stereocenters. The van der Waals surface area contributed by atoms with Crippen molar-refractivity contribution in [2.45, 2.75) is 0 Å². The van der Waals surface area contributed by atoms with Crippen molar-refractivity contribution in [3.63, 3.8) is 0 Å². The van der Waals surface area contributed by atoms with E-state index in [9.17, 15) is 9.59 Å². The zero-order valence-electron chi connectivity index (χ0n) is 7.68. The smallest absolute Gasteiger partial charge is 0.329 e. The van der Waals surface area contributed by atoms with Gasteiger partial charge in [-0.15, -0.1) is 0 Å². The molecule has 2 rings (SSSR count). The van der Waals surface area contributed by atoms with Gasteiger partial charge in [0.25, 0.3) is 5.91 Å². The molecular formula is C11H7NO3. The maximum Gasteiger partial charge on any atom is 0.329 e. The monoisotopic (exact) mass is 201 g/mol. The number of rotatable bonds is 1. The van der Waals surface area contributed by atoms with Crippen molar-refractivity contribution in [3.05, 3.63) is 46.5 Å². The lowest BCUT2D eigenvalue weighted by Crippen LogP contribution is -2.30. The van der Waals surface area contributed by atoms with Gasteiger partial charge >= 0.3 is 5.97 Å². The lowest BCUT2D eigenvalue weighted by atomic mass is 10.1. The van der Waals surface area contributed by atoms with Crippen molar-refractivity contribution < 1.29 is 14.7 Å². The molecule has 4 heteroatoms. The summed E-state index contributed by atoms with van der Waals surface area (Å²) in [6, 6.07) is 7.07. The van der Waals surface area contributed by atoms with E-state index in [-0.39, 0.29) is 5.57 Å². The summed E-state index contributed by atoms with van der Waals surface area (Å²) in [7, 11) is 0. The molecular weight excluding hydrogens is 194 g/mol. The second kappa shape index (κ2) is 3.49. The van der Waals surface area contributed by atoms with Crippen LogP contribution in [0.3, 0.4) is 0 Å². The number of hydrogen-bond donors (Lipinski definition) is 1. The summed E-state index contributed by atoms with van der Waals surface area (Å²) in [5, 5.41) is 9.87. The number of hydrogen-bond acceptors (Lipinski definition) is 2. The van der Waals surface area contributed by atoms with Gasteiger partial charge in [0.2, 0.25) is 0 Å². The van der Waals surface area contributed by atoms with Crippen LogP contribution in [-0.4, -0.2) is 17.0 Å². The molecule has 1 aliphatic heterocycles. The van der Waals surface area contributed by atoms with Gasteiger partial charge in [-0.3, -0.25) is 4.79 Å². The Kier molecular flexibility index (Phi) is 2.17. The number of amides is 1. The fraction of sp³-hybridized carbons (Fsp3) is 0. The van der Waals surface area contributed by atoms with Crippen molar-refractivity contribution in [1.29, 1.82) is 0 Å². The third-order valence-electron chi connectivity index (χ3n) is 2.00. The summed E-state index contributed by atoms with van der Waals surface area (Å²) in [5.74, 6) is -1.67. The van der Waals surface area contributed by atoms with E-state index in [4.69, 9.17) is 5.11 Å². The number of fused-ring (bicyclic) bond motifs is 1. The molecule has 0 saturated carbocycles. The van der Waals surface area contributed by atoms with Crippen LogP contribution in [0.5, 0.6) is 0 Å². The zero-order valence-corrected chi connectivity index (χ0v) is 7.68. The van der Waals surface area contributed by atoms with E-state index in [1.807, 2.05) is 0 Å². The van der Waals surface area contributed by atoms with Crippen molar-refractivity contribution in [1.82, 2.24) is 0 Å². The van der Waals surface area contributed by atoms with Crippen LogP contribution < -0.4 is 10.6 Å². The Bertz CT molecular complexity index is 584. The third-order valence-corrected chi connectivity index (χ3v) is 2.00. The van der Waals surface area contributed by atoms with Gasteiger partial charge in [0.1, 0.15) is 0 Å². The van der Waals surface area contributed by atoms with Crippen LogP contribution in [0.4, 0.5) is 0 Å². The molecule has 1 aromatic rings. The molecule has 1 heterocycles. The second-order valence-corrected chi connectivity index (χ2v) is 3.06. The molecule has 1 aromatic carbocycles. The van der Waals surface area contributed by atoms with Crippen LogP contribution in [0.2, 0.25) is 0 Å². The fourth-order valence-corrected chi connectivity index (χ4v) is 1.35. The zero-order chi connectivity index (χ0) is 10.8. The highest BCUT2D eigenvalue weighted by atomic mass is 16.4. The summed E-state index contributed by atoms with van der Waals surface area (Å²) >= 11 is 0. The van der Waals surface area contributed by atoms with Crippen molar-refractivity contribution >= 4 is 18.0 Å². The predicted molar refractivity (Wildman–Crippen MR) is 52.4 cm³/mol. The van der Waals surface area contributed by atoms with E-state index in [2.05, 4.69) is 4.99 Å². The van der Waals surface area contributed by atoms with Gasteiger partial charge in [-0.05, 0) is 12.1 Å². The summed E-state index contributed by atoms with van der Waals surface area (Å²) in [4.78, 5) is 25.6. The summed E-state index contributed by atoms with van der Waals surface area (Å²) in [5.41, 5.74) is 0.0983. The van der Waals surface area contributed by atoms with E-state index in [1.165, 1.54) is 6.08 Å². The fourth-order valence-electron chi connectivity index (χ4n) is 1.35. The van der Waals surface area contributed by atoms with Gasteiger partial charge in [0.05, 0.1) is 5.36 Å². The normalized spacial score (nSPS) is 16.5. The lowest BCUT2D eigenvalue weighted by Gasteiger charge is -2.00. The van der Waals surface area contributed by atoms with Crippen LogP contribution in [0.1, 0.15) is 0 Å². The average Bonchev–Trinajstić information content (AvgIpc) is 2.18. The third kappa shape index (κ3) is 1.83. The Hall–Kier alpha value is -2.23. The minimum Gasteiger partial charge on any atom is -0.478 e. The predicted octanol–water partition coefficient (Wildman–Crippen LogP) is -0.362. The highest BCUT2D eigenvalue weighted by Gasteiger charge is 2.10. The number of aliphatic carboxylic acids is 1. The first kappa shape index (κ1) is 9.33. The molecule has 1 amide bonds. The molecule has 0 radical (unpaired) electrons. The summed E-state index contributed by atoms with van der Waals surface area (Å²) in [6.45, 7) is 0. The minimum atomic E-state index is -1.15. The van der Waals surface area contributed by atoms with E-state index >= 15 is 0 Å². The first-order valence-electron chi connectivity index (χ1n) is 4.31. The van der Waals surface area contributed by atoms with Crippen molar-refractivity contribution in [2.24, 2.45) is 4.99 Å². The molecule has 0 aromatic heterocycles. The molecule has 74 valence electrons. The van der Waals surface area contributed by atoms with E-state index in [0.717, 1.165) is 11.3 Å². The molecule has 15 heavy (non-hydrogen) atoms. The van der Waals surface area contributed by atoms with Gasteiger partial charge < -0.3 is 5.11 Å². The number of carbonyl (C=O) groups is 2. The number of carboxylic acid groups (broad SMARTS) is 1. The van der Waals surface area contributed by atoms with Gasteiger partial charge in [-0.25, -0.2) is 9.79 Å². The van der Waals surface area contributed by atoms with Gasteiger partial charge in [-0.1, -0.05) is 18.2 Å². The first-order valence-corrected chi connectivity index (χ1v) is 4.31. The molecule has 1 aliphatic rings. The molecule has 0 saturated heterocycles. The number of benzene rings is 1. The largest absolute Gasteiger partial charge is 0.478 e. The molecule has 1 N–H and O–H groups in total. The SMILES string of the molecule is O=C(O)C=C1C=c2ccccc2=NC1=O. The Morgan fingerprint density at radius 2 is 2.07 bits per heavy atom. The molecule has 4 nitrogen and oxygen atoms in total. The molecule has 0 fully saturated rings. The van der Waals surface area contributed by atoms with Crippen molar-refractivity contribution in [3.8, 4) is 0 Å². The Balaban J connectivity index is 2.67. The maximum absolute atomic E-state index is 11.4. The van der Waals surface area contributed by atoms with Crippen molar-refractivity contribution in [2.75, 3.05) is 0 Å². The van der Waals surface area contributed by atoms with Crippen LogP contribution >= 0.6 is 0 Å². The minimum absolute atomic E-state index is 0.0983. The number of para-hydroxylation sites is 1. The Labute approximate surface area is 84.9 Å². The van der Waals surface area contributed by atoms with Gasteiger partial charge in [-0.2, -0.15) is 0 Å². The summed E-state index contributed by atoms with van der Waals surface area (Å²) in [6.07, 6.45) is 2.39. The van der Waals surface area contributed by atoms with E-state index in [0.29, 0.717) is 5.36 Å². The van der Waals surface area contributed by atoms with Gasteiger partial charge in [0, 0.05) is 16.9 Å².